The molecule has 144 valence electrons. The average molecular weight is 379 g/mol. The van der Waals surface area contributed by atoms with E-state index >= 15 is 0 Å². The third-order valence-corrected chi connectivity index (χ3v) is 4.76. The first kappa shape index (κ1) is 18.3. The van der Waals surface area contributed by atoms with Gasteiger partial charge in [0.2, 0.25) is 0 Å². The number of hydrogen-bond acceptors (Lipinski definition) is 7. The second-order valence-corrected chi connectivity index (χ2v) is 6.53. The molecule has 3 heterocycles. The molecule has 1 aliphatic heterocycles. The van der Waals surface area contributed by atoms with Gasteiger partial charge in [0.1, 0.15) is 23.3 Å². The van der Waals surface area contributed by atoms with Gasteiger partial charge in [0.25, 0.3) is 0 Å². The molecule has 28 heavy (non-hydrogen) atoms. The first-order valence-electron chi connectivity index (χ1n) is 9.10. The number of hydrogen-bond donors (Lipinski definition) is 1. The highest BCUT2D eigenvalue weighted by molar-refractivity contribution is 5.97. The van der Waals surface area contributed by atoms with E-state index in [-0.39, 0.29) is 18.7 Å². The summed E-state index contributed by atoms with van der Waals surface area (Å²) in [6.07, 6.45) is 6.09. The quantitative estimate of drug-likeness (QED) is 0.657. The van der Waals surface area contributed by atoms with E-state index in [1.165, 1.54) is 11.8 Å². The van der Waals surface area contributed by atoms with Crippen molar-refractivity contribution in [2.24, 2.45) is 5.73 Å². The molecule has 0 saturated carbocycles. The van der Waals surface area contributed by atoms with Crippen LogP contribution in [-0.2, 0) is 17.7 Å². The van der Waals surface area contributed by atoms with Gasteiger partial charge in [-0.3, -0.25) is 9.78 Å². The predicted octanol–water partition coefficient (Wildman–Crippen LogP) is 2.92. The van der Waals surface area contributed by atoms with Crippen molar-refractivity contribution in [1.82, 2.24) is 9.97 Å². The third kappa shape index (κ3) is 3.54. The predicted molar refractivity (Wildman–Crippen MR) is 104 cm³/mol. The van der Waals surface area contributed by atoms with Crippen LogP contribution in [0.25, 0.3) is 16.6 Å². The Balaban J connectivity index is 1.69. The molecule has 0 aliphatic carbocycles. The number of rotatable bonds is 6. The van der Waals surface area contributed by atoms with Gasteiger partial charge >= 0.3 is 0 Å². The Kier molecular flexibility index (Phi) is 5.18. The van der Waals surface area contributed by atoms with Gasteiger partial charge < -0.3 is 19.6 Å². The molecule has 0 amide bonds. The summed E-state index contributed by atoms with van der Waals surface area (Å²) in [4.78, 5) is 21.8. The molecule has 0 saturated heterocycles. The van der Waals surface area contributed by atoms with E-state index in [0.29, 0.717) is 41.5 Å². The molecule has 0 bridgehead atoms. The largest absolute Gasteiger partial charge is 0.494 e. The van der Waals surface area contributed by atoms with Crippen LogP contribution in [0, 0.1) is 0 Å². The highest BCUT2D eigenvalue weighted by atomic mass is 16.5. The molecule has 0 radical (unpaired) electrons. The summed E-state index contributed by atoms with van der Waals surface area (Å²) >= 11 is 0. The van der Waals surface area contributed by atoms with Crippen molar-refractivity contribution in [2.45, 2.75) is 19.4 Å². The van der Waals surface area contributed by atoms with Crippen LogP contribution >= 0.6 is 0 Å². The Morgan fingerprint density at radius 1 is 1.32 bits per heavy atom. The highest BCUT2D eigenvalue weighted by Gasteiger charge is 2.17. The molecular weight excluding hydrogens is 358 g/mol. The fraction of sp³-hybridized carbons (Fsp3) is 0.286. The summed E-state index contributed by atoms with van der Waals surface area (Å²) in [5.41, 5.74) is 10.2. The number of ketones is 1. The molecule has 0 unspecified atom stereocenters. The Labute approximate surface area is 162 Å². The fourth-order valence-electron chi connectivity index (χ4n) is 3.29. The Bertz CT molecular complexity index is 1050. The summed E-state index contributed by atoms with van der Waals surface area (Å²) in [6.45, 7) is 1.54. The number of fused-ring (bicyclic) bond motifs is 1. The van der Waals surface area contributed by atoms with Crippen LogP contribution < -0.4 is 10.5 Å². The van der Waals surface area contributed by atoms with Crippen molar-refractivity contribution in [2.75, 3.05) is 20.3 Å². The molecule has 7 nitrogen and oxygen atoms in total. The third-order valence-electron chi connectivity index (χ3n) is 4.76. The first-order valence-corrected chi connectivity index (χ1v) is 9.10. The van der Waals surface area contributed by atoms with E-state index in [1.807, 2.05) is 12.1 Å². The lowest BCUT2D eigenvalue weighted by molar-refractivity contribution is 0.0991. The average Bonchev–Trinajstić information content (AvgIpc) is 3.23. The molecule has 1 aromatic carbocycles. The van der Waals surface area contributed by atoms with Crippen molar-refractivity contribution in [3.63, 3.8) is 0 Å². The van der Waals surface area contributed by atoms with Crippen LogP contribution in [0.4, 0.5) is 0 Å². The topological polar surface area (TPSA) is 100 Å². The Hall–Kier alpha value is -3.03. The van der Waals surface area contributed by atoms with Gasteiger partial charge in [0.15, 0.2) is 5.78 Å². The number of Topliss-reactive ketones (excluding diaryl/α,β-unsaturated/α-hetero) is 1. The van der Waals surface area contributed by atoms with E-state index in [1.54, 1.807) is 19.4 Å². The maximum absolute atomic E-state index is 12.5. The summed E-state index contributed by atoms with van der Waals surface area (Å²) in [5, 5.41) is 0. The van der Waals surface area contributed by atoms with Crippen molar-refractivity contribution < 1.29 is 18.7 Å². The summed E-state index contributed by atoms with van der Waals surface area (Å²) in [5.74, 6) is 1.10. The van der Waals surface area contributed by atoms with Crippen LogP contribution in [-0.4, -0.2) is 36.1 Å². The number of carbonyl (C=O) groups excluding carboxylic acids is 1. The van der Waals surface area contributed by atoms with Crippen LogP contribution in [0.15, 0.2) is 41.2 Å². The van der Waals surface area contributed by atoms with E-state index < -0.39 is 0 Å². The summed E-state index contributed by atoms with van der Waals surface area (Å²) in [6, 6.07) is 5.54. The van der Waals surface area contributed by atoms with Crippen LogP contribution in [0.5, 0.6) is 5.75 Å². The Morgan fingerprint density at radius 2 is 2.21 bits per heavy atom. The molecule has 0 fully saturated rings. The van der Waals surface area contributed by atoms with Crippen LogP contribution in [0.1, 0.15) is 33.8 Å². The molecule has 0 spiro atoms. The molecule has 2 N–H and O–H groups in total. The fourth-order valence-corrected chi connectivity index (χ4v) is 3.29. The number of nitrogens with two attached hydrogens (primary N) is 1. The maximum atomic E-state index is 12.5. The normalized spacial score (nSPS) is 14.1. The molecule has 1 aliphatic rings. The van der Waals surface area contributed by atoms with Crippen molar-refractivity contribution in [3.05, 3.63) is 59.3 Å². The molecule has 0 atom stereocenters. The van der Waals surface area contributed by atoms with Crippen molar-refractivity contribution >= 4 is 22.4 Å². The first-order chi connectivity index (χ1) is 13.7. The van der Waals surface area contributed by atoms with E-state index in [0.717, 1.165) is 17.5 Å². The van der Waals surface area contributed by atoms with Gasteiger partial charge in [-0.15, -0.1) is 0 Å². The van der Waals surface area contributed by atoms with Crippen molar-refractivity contribution in [3.8, 4) is 5.75 Å². The molecule has 3 aromatic rings. The number of methoxy groups -OCH3 is 1. The van der Waals surface area contributed by atoms with Gasteiger partial charge in [-0.1, -0.05) is 6.08 Å². The van der Waals surface area contributed by atoms with Crippen molar-refractivity contribution in [1.29, 1.82) is 0 Å². The molecule has 4 rings (SSSR count). The molecular formula is C21H21N3O4. The minimum atomic E-state index is -0.0978. The zero-order valence-electron chi connectivity index (χ0n) is 15.6. The number of carbonyl (C=O) groups is 1. The standard InChI is InChI=1S/C21H21N3O4/c1-26-19-3-2-17(13-4-6-27-7-5-13)20-21(19)24-15(11-23-20)9-18(25)14-8-16(10-22)28-12-14/h2-4,8,11-12H,5-7,9-10,22H2,1H3. The monoisotopic (exact) mass is 379 g/mol. The Morgan fingerprint density at radius 3 is 2.93 bits per heavy atom. The second-order valence-electron chi connectivity index (χ2n) is 6.53. The number of benzene rings is 1. The lowest BCUT2D eigenvalue weighted by Crippen LogP contribution is -2.07. The maximum Gasteiger partial charge on any atom is 0.172 e. The minimum absolute atomic E-state index is 0.0978. The van der Waals surface area contributed by atoms with Crippen LogP contribution in [0.2, 0.25) is 0 Å². The number of furan rings is 1. The lowest BCUT2D eigenvalue weighted by Gasteiger charge is -2.16. The zero-order valence-corrected chi connectivity index (χ0v) is 15.6. The number of ether oxygens (including phenoxy) is 2. The summed E-state index contributed by atoms with van der Waals surface area (Å²) < 4.78 is 16.1. The van der Waals surface area contributed by atoms with E-state index in [9.17, 15) is 4.79 Å². The van der Waals surface area contributed by atoms with Gasteiger partial charge in [-0.05, 0) is 30.2 Å². The lowest BCUT2D eigenvalue weighted by atomic mass is 9.99. The minimum Gasteiger partial charge on any atom is -0.494 e. The van der Waals surface area contributed by atoms with E-state index in [4.69, 9.17) is 19.6 Å². The number of nitrogens with zero attached hydrogens (tertiary/aromatic N) is 2. The van der Waals surface area contributed by atoms with E-state index in [2.05, 4.69) is 16.0 Å². The van der Waals surface area contributed by atoms with Crippen LogP contribution in [0.3, 0.4) is 0 Å². The SMILES string of the molecule is COc1ccc(C2=CCOCC2)c2ncc(CC(=O)c3coc(CN)c3)nc12. The smallest absolute Gasteiger partial charge is 0.172 e. The number of aromatic nitrogens is 2. The van der Waals surface area contributed by atoms with Gasteiger partial charge in [0, 0.05) is 11.8 Å². The van der Waals surface area contributed by atoms with Gasteiger partial charge in [0.05, 0.1) is 50.1 Å². The molecule has 2 aromatic heterocycles. The van der Waals surface area contributed by atoms with Gasteiger partial charge in [-0.25, -0.2) is 4.98 Å². The highest BCUT2D eigenvalue weighted by Crippen LogP contribution is 2.32. The summed E-state index contributed by atoms with van der Waals surface area (Å²) in [7, 11) is 1.60. The second kappa shape index (κ2) is 7.92. The zero-order chi connectivity index (χ0) is 19.5. The van der Waals surface area contributed by atoms with Gasteiger partial charge in [-0.2, -0.15) is 0 Å². The molecule has 7 heteroatoms.